The monoisotopic (exact) mass is 249 g/mol. The van der Waals surface area contributed by atoms with Gasteiger partial charge < -0.3 is 18.9 Å². The second kappa shape index (κ2) is 4.79. The van der Waals surface area contributed by atoms with Crippen molar-refractivity contribution >= 4 is 11.9 Å². The van der Waals surface area contributed by atoms with Gasteiger partial charge in [-0.15, -0.1) is 0 Å². The maximum atomic E-state index is 11.6. The Morgan fingerprint density at radius 1 is 1.22 bits per heavy atom. The van der Waals surface area contributed by atoms with E-state index >= 15 is 0 Å². The summed E-state index contributed by atoms with van der Waals surface area (Å²) in [7, 11) is 2.47. The van der Waals surface area contributed by atoms with Gasteiger partial charge in [0.05, 0.1) is 31.7 Å². The summed E-state index contributed by atoms with van der Waals surface area (Å²) in [6.45, 7) is 0. The molecule has 2 heterocycles. The smallest absolute Gasteiger partial charge is 0.355 e. The fraction of sp³-hybridized carbons (Fsp3) is 0.167. The van der Waals surface area contributed by atoms with Crippen LogP contribution in [0.2, 0.25) is 0 Å². The van der Waals surface area contributed by atoms with Gasteiger partial charge in [-0.05, 0) is 18.2 Å². The summed E-state index contributed by atoms with van der Waals surface area (Å²) < 4.78 is 14.4. The molecule has 0 aliphatic heterocycles. The molecule has 6 nitrogen and oxygen atoms in total. The van der Waals surface area contributed by atoms with Gasteiger partial charge in [-0.1, -0.05) is 0 Å². The number of ether oxygens (including phenoxy) is 2. The quantitative estimate of drug-likeness (QED) is 0.839. The van der Waals surface area contributed by atoms with E-state index in [-0.39, 0.29) is 11.3 Å². The molecule has 0 aliphatic carbocycles. The highest BCUT2D eigenvalue weighted by Crippen LogP contribution is 2.23. The lowest BCUT2D eigenvalue weighted by Crippen LogP contribution is -2.10. The Labute approximate surface area is 103 Å². The van der Waals surface area contributed by atoms with Crippen LogP contribution in [0.15, 0.2) is 28.9 Å². The first-order chi connectivity index (χ1) is 8.67. The number of esters is 2. The molecule has 2 aromatic heterocycles. The van der Waals surface area contributed by atoms with Gasteiger partial charge in [0.1, 0.15) is 11.5 Å². The van der Waals surface area contributed by atoms with Crippen LogP contribution in [0.25, 0.3) is 11.5 Å². The van der Waals surface area contributed by atoms with Crippen molar-refractivity contribution in [1.82, 2.24) is 4.98 Å². The maximum absolute atomic E-state index is 11.6. The molecular formula is C12H11NO5. The van der Waals surface area contributed by atoms with Crippen LogP contribution < -0.4 is 0 Å². The standard InChI is InChI=1S/C12H11NO5/c1-16-11(14)7-6-8(9-4-3-5-18-9)13-10(7)12(15)17-2/h3-6,13H,1-2H3. The minimum Gasteiger partial charge on any atom is -0.465 e. The van der Waals surface area contributed by atoms with Crippen molar-refractivity contribution in [1.29, 1.82) is 0 Å². The molecule has 0 aliphatic rings. The number of rotatable bonds is 3. The molecule has 0 spiro atoms. The average molecular weight is 249 g/mol. The van der Waals surface area contributed by atoms with Crippen LogP contribution in [0.3, 0.4) is 0 Å². The van der Waals surface area contributed by atoms with Crippen LogP contribution in [0.4, 0.5) is 0 Å². The fourth-order valence-electron chi connectivity index (χ4n) is 1.55. The van der Waals surface area contributed by atoms with E-state index in [1.165, 1.54) is 26.5 Å². The Balaban J connectivity index is 2.50. The molecule has 0 fully saturated rings. The van der Waals surface area contributed by atoms with Gasteiger partial charge in [0.25, 0.3) is 0 Å². The Bertz CT molecular complexity index is 534. The number of hydrogen-bond acceptors (Lipinski definition) is 5. The molecule has 0 bridgehead atoms. The van der Waals surface area contributed by atoms with Crippen molar-refractivity contribution in [3.63, 3.8) is 0 Å². The van der Waals surface area contributed by atoms with Crippen LogP contribution in [-0.4, -0.2) is 31.1 Å². The largest absolute Gasteiger partial charge is 0.465 e. The highest BCUT2D eigenvalue weighted by molar-refractivity contribution is 6.03. The Kier molecular flexibility index (Phi) is 3.18. The second-order valence-corrected chi connectivity index (χ2v) is 3.43. The molecule has 0 unspecified atom stereocenters. The van der Waals surface area contributed by atoms with E-state index in [1.54, 1.807) is 12.1 Å². The van der Waals surface area contributed by atoms with E-state index in [9.17, 15) is 9.59 Å². The minimum absolute atomic E-state index is 0.0377. The molecule has 0 saturated carbocycles. The molecule has 18 heavy (non-hydrogen) atoms. The zero-order chi connectivity index (χ0) is 13.1. The number of hydrogen-bond donors (Lipinski definition) is 1. The number of H-pyrrole nitrogens is 1. The first-order valence-electron chi connectivity index (χ1n) is 5.11. The van der Waals surface area contributed by atoms with Gasteiger partial charge in [0.2, 0.25) is 0 Å². The molecule has 0 amide bonds. The predicted molar refractivity (Wildman–Crippen MR) is 61.2 cm³/mol. The predicted octanol–water partition coefficient (Wildman–Crippen LogP) is 1.85. The van der Waals surface area contributed by atoms with Gasteiger partial charge in [-0.25, -0.2) is 9.59 Å². The topological polar surface area (TPSA) is 81.5 Å². The molecule has 2 aromatic rings. The third-order valence-electron chi connectivity index (χ3n) is 2.40. The van der Waals surface area contributed by atoms with Gasteiger partial charge >= 0.3 is 11.9 Å². The zero-order valence-electron chi connectivity index (χ0n) is 9.85. The summed E-state index contributed by atoms with van der Waals surface area (Å²) in [5.74, 6) is -0.757. The van der Waals surface area contributed by atoms with E-state index in [0.717, 1.165) is 0 Å². The highest BCUT2D eigenvalue weighted by Gasteiger charge is 2.23. The molecule has 0 atom stereocenters. The van der Waals surface area contributed by atoms with Crippen molar-refractivity contribution in [3.05, 3.63) is 35.7 Å². The molecule has 6 heteroatoms. The summed E-state index contributed by atoms with van der Waals surface area (Å²) in [5, 5.41) is 0. The highest BCUT2D eigenvalue weighted by atomic mass is 16.5. The number of carbonyl (C=O) groups is 2. The van der Waals surface area contributed by atoms with E-state index in [4.69, 9.17) is 4.42 Å². The normalized spacial score (nSPS) is 10.1. The van der Waals surface area contributed by atoms with Crippen LogP contribution in [-0.2, 0) is 9.47 Å². The minimum atomic E-state index is -0.645. The molecule has 1 N–H and O–H groups in total. The number of nitrogens with one attached hydrogen (secondary N) is 1. The molecular weight excluding hydrogens is 238 g/mol. The fourth-order valence-corrected chi connectivity index (χ4v) is 1.55. The summed E-state index contributed by atoms with van der Waals surface area (Å²) in [5.41, 5.74) is 0.646. The summed E-state index contributed by atoms with van der Waals surface area (Å²) in [6, 6.07) is 4.89. The van der Waals surface area contributed by atoms with E-state index in [1.807, 2.05) is 0 Å². The summed E-state index contributed by atoms with van der Waals surface area (Å²) in [4.78, 5) is 25.9. The number of furan rings is 1. The lowest BCUT2D eigenvalue weighted by molar-refractivity contribution is 0.0552. The number of methoxy groups -OCH3 is 2. The van der Waals surface area contributed by atoms with Gasteiger partial charge in [0.15, 0.2) is 0 Å². The van der Waals surface area contributed by atoms with Crippen molar-refractivity contribution < 1.29 is 23.5 Å². The van der Waals surface area contributed by atoms with Crippen molar-refractivity contribution in [3.8, 4) is 11.5 Å². The van der Waals surface area contributed by atoms with Crippen molar-refractivity contribution in [2.24, 2.45) is 0 Å². The Hall–Kier alpha value is -2.50. The van der Waals surface area contributed by atoms with Gasteiger partial charge in [0, 0.05) is 0 Å². The molecule has 0 aromatic carbocycles. The molecule has 94 valence electrons. The van der Waals surface area contributed by atoms with Crippen LogP contribution in [0.5, 0.6) is 0 Å². The van der Waals surface area contributed by atoms with Crippen LogP contribution in [0.1, 0.15) is 20.8 Å². The summed E-state index contributed by atoms with van der Waals surface area (Å²) in [6.07, 6.45) is 1.49. The zero-order valence-corrected chi connectivity index (χ0v) is 9.85. The lowest BCUT2D eigenvalue weighted by atomic mass is 10.2. The first-order valence-corrected chi connectivity index (χ1v) is 5.11. The number of carbonyl (C=O) groups excluding carboxylic acids is 2. The average Bonchev–Trinajstić information content (AvgIpc) is 3.04. The van der Waals surface area contributed by atoms with Gasteiger partial charge in [-0.2, -0.15) is 0 Å². The Morgan fingerprint density at radius 2 is 1.94 bits per heavy atom. The third kappa shape index (κ3) is 2.00. The maximum Gasteiger partial charge on any atom is 0.355 e. The summed E-state index contributed by atoms with van der Waals surface area (Å²) >= 11 is 0. The van der Waals surface area contributed by atoms with Crippen molar-refractivity contribution in [2.75, 3.05) is 14.2 Å². The van der Waals surface area contributed by atoms with E-state index in [2.05, 4.69) is 14.5 Å². The molecule has 0 saturated heterocycles. The van der Waals surface area contributed by atoms with E-state index in [0.29, 0.717) is 11.5 Å². The third-order valence-corrected chi connectivity index (χ3v) is 2.40. The lowest BCUT2D eigenvalue weighted by Gasteiger charge is -1.99. The van der Waals surface area contributed by atoms with Crippen molar-refractivity contribution in [2.45, 2.75) is 0 Å². The van der Waals surface area contributed by atoms with Crippen LogP contribution in [0, 0.1) is 0 Å². The molecule has 0 radical (unpaired) electrons. The number of aromatic nitrogens is 1. The second-order valence-electron chi connectivity index (χ2n) is 3.43. The number of aromatic amines is 1. The Morgan fingerprint density at radius 3 is 2.50 bits per heavy atom. The SMILES string of the molecule is COC(=O)c1cc(-c2ccco2)[nH]c1C(=O)OC. The molecule has 2 rings (SSSR count). The van der Waals surface area contributed by atoms with Gasteiger partial charge in [-0.3, -0.25) is 0 Å². The first kappa shape index (κ1) is 12.0. The van der Waals surface area contributed by atoms with Crippen LogP contribution >= 0.6 is 0 Å². The van der Waals surface area contributed by atoms with E-state index < -0.39 is 11.9 Å².